The molecule has 1 saturated heterocycles. The molecule has 6 nitrogen and oxygen atoms in total. The van der Waals surface area contributed by atoms with Crippen LogP contribution in [0.5, 0.6) is 0 Å². The van der Waals surface area contributed by atoms with Crippen LogP contribution in [-0.4, -0.2) is 72.7 Å². The molecular weight excluding hydrogens is 302 g/mol. The third-order valence-electron chi connectivity index (χ3n) is 4.48. The number of methoxy groups -OCH3 is 1. The van der Waals surface area contributed by atoms with Crippen LogP contribution in [0.4, 0.5) is 5.82 Å². The summed E-state index contributed by atoms with van der Waals surface area (Å²) < 4.78 is 5.25. The molecule has 2 heterocycles. The largest absolute Gasteiger partial charge is 0.378 e. The summed E-state index contributed by atoms with van der Waals surface area (Å²) in [4.78, 5) is 14.3. The second-order valence-corrected chi connectivity index (χ2v) is 7.82. The summed E-state index contributed by atoms with van der Waals surface area (Å²) >= 11 is 0. The van der Waals surface area contributed by atoms with Gasteiger partial charge < -0.3 is 15.0 Å². The van der Waals surface area contributed by atoms with Gasteiger partial charge in [-0.1, -0.05) is 20.8 Å². The Hall–Kier alpha value is -1.24. The number of ether oxygens (including phenoxy) is 1. The lowest BCUT2D eigenvalue weighted by atomic mass is 9.95. The Morgan fingerprint density at radius 2 is 1.88 bits per heavy atom. The lowest BCUT2D eigenvalue weighted by molar-refractivity contribution is 0.123. The van der Waals surface area contributed by atoms with Crippen LogP contribution in [0, 0.1) is 0 Å². The van der Waals surface area contributed by atoms with Gasteiger partial charge in [-0.05, 0) is 14.0 Å². The van der Waals surface area contributed by atoms with Crippen molar-refractivity contribution in [1.82, 2.24) is 19.8 Å². The van der Waals surface area contributed by atoms with E-state index in [2.05, 4.69) is 54.8 Å². The smallest absolute Gasteiger partial charge is 0.136 e. The molecule has 1 fully saturated rings. The van der Waals surface area contributed by atoms with Gasteiger partial charge in [-0.15, -0.1) is 0 Å². The standard InChI is InChI=1S/C18H33N5O/c1-14(23-9-7-22(5)8-10-23)12-19-16-11-15(13-24-6)20-17(21-16)18(2,3)4/h11,14H,7-10,12-13H2,1-6H3,(H,19,20,21). The summed E-state index contributed by atoms with van der Waals surface area (Å²) in [5.74, 6) is 1.75. The molecule has 0 spiro atoms. The predicted octanol–water partition coefficient (Wildman–Crippen LogP) is 1.97. The highest BCUT2D eigenvalue weighted by molar-refractivity contribution is 5.37. The zero-order chi connectivity index (χ0) is 17.7. The molecule has 0 aliphatic carbocycles. The van der Waals surface area contributed by atoms with E-state index in [4.69, 9.17) is 9.72 Å². The highest BCUT2D eigenvalue weighted by Gasteiger charge is 2.21. The summed E-state index contributed by atoms with van der Waals surface area (Å²) in [5, 5.41) is 3.50. The number of hydrogen-bond acceptors (Lipinski definition) is 6. The van der Waals surface area contributed by atoms with Crippen molar-refractivity contribution >= 4 is 5.82 Å². The Balaban J connectivity index is 2.01. The van der Waals surface area contributed by atoms with Crippen molar-refractivity contribution in [3.63, 3.8) is 0 Å². The monoisotopic (exact) mass is 335 g/mol. The number of likely N-dealkylation sites (N-methyl/N-ethyl adjacent to an activating group) is 1. The van der Waals surface area contributed by atoms with Crippen LogP contribution in [0.1, 0.15) is 39.2 Å². The zero-order valence-electron chi connectivity index (χ0n) is 16.1. The van der Waals surface area contributed by atoms with E-state index >= 15 is 0 Å². The van der Waals surface area contributed by atoms with Gasteiger partial charge in [0.05, 0.1) is 12.3 Å². The maximum atomic E-state index is 5.25. The quantitative estimate of drug-likeness (QED) is 0.858. The first-order valence-electron chi connectivity index (χ1n) is 8.83. The number of piperazine rings is 1. The van der Waals surface area contributed by atoms with Crippen LogP contribution < -0.4 is 5.32 Å². The lowest BCUT2D eigenvalue weighted by Crippen LogP contribution is -2.49. The number of anilines is 1. The molecule has 2 rings (SSSR count). The molecule has 0 bridgehead atoms. The van der Waals surface area contributed by atoms with Crippen LogP contribution in [0.25, 0.3) is 0 Å². The molecule has 24 heavy (non-hydrogen) atoms. The van der Waals surface area contributed by atoms with E-state index < -0.39 is 0 Å². The van der Waals surface area contributed by atoms with Gasteiger partial charge in [-0.25, -0.2) is 9.97 Å². The van der Waals surface area contributed by atoms with Crippen molar-refractivity contribution in [2.45, 2.75) is 45.8 Å². The fraction of sp³-hybridized carbons (Fsp3) is 0.778. The number of nitrogens with one attached hydrogen (secondary N) is 1. The summed E-state index contributed by atoms with van der Waals surface area (Å²) in [6.07, 6.45) is 0. The minimum atomic E-state index is -0.0801. The van der Waals surface area contributed by atoms with E-state index in [0.29, 0.717) is 12.6 Å². The Kier molecular flexibility index (Phi) is 6.54. The highest BCUT2D eigenvalue weighted by Crippen LogP contribution is 2.21. The molecule has 1 unspecified atom stereocenters. The van der Waals surface area contributed by atoms with E-state index in [9.17, 15) is 0 Å². The molecule has 0 saturated carbocycles. The van der Waals surface area contributed by atoms with E-state index in [0.717, 1.165) is 50.1 Å². The van der Waals surface area contributed by atoms with Crippen molar-refractivity contribution in [2.75, 3.05) is 52.2 Å². The van der Waals surface area contributed by atoms with Gasteiger partial charge in [0, 0.05) is 57.4 Å². The fourth-order valence-corrected chi connectivity index (χ4v) is 2.79. The van der Waals surface area contributed by atoms with Gasteiger partial charge in [0.2, 0.25) is 0 Å². The number of hydrogen-bond donors (Lipinski definition) is 1. The average Bonchev–Trinajstić information content (AvgIpc) is 2.52. The van der Waals surface area contributed by atoms with Gasteiger partial charge in [0.15, 0.2) is 0 Å². The Morgan fingerprint density at radius 1 is 1.21 bits per heavy atom. The molecule has 6 heteroatoms. The molecule has 1 aliphatic rings. The van der Waals surface area contributed by atoms with Crippen molar-refractivity contribution in [2.24, 2.45) is 0 Å². The van der Waals surface area contributed by atoms with Crippen LogP contribution in [0.3, 0.4) is 0 Å². The van der Waals surface area contributed by atoms with E-state index in [1.807, 2.05) is 6.07 Å². The van der Waals surface area contributed by atoms with Crippen LogP contribution >= 0.6 is 0 Å². The van der Waals surface area contributed by atoms with E-state index in [1.54, 1.807) is 7.11 Å². The first-order valence-corrected chi connectivity index (χ1v) is 8.83. The Labute approximate surface area is 146 Å². The molecule has 1 N–H and O–H groups in total. The molecule has 0 aromatic carbocycles. The van der Waals surface area contributed by atoms with Crippen molar-refractivity contribution < 1.29 is 4.74 Å². The Morgan fingerprint density at radius 3 is 2.46 bits per heavy atom. The molecular formula is C18H33N5O. The first kappa shape index (κ1) is 19.1. The zero-order valence-corrected chi connectivity index (χ0v) is 16.1. The maximum Gasteiger partial charge on any atom is 0.136 e. The maximum absolute atomic E-state index is 5.25. The first-order chi connectivity index (χ1) is 11.3. The second kappa shape index (κ2) is 8.23. The summed E-state index contributed by atoms with van der Waals surface area (Å²) in [6.45, 7) is 14.6. The normalized spacial score (nSPS) is 18.6. The van der Waals surface area contributed by atoms with Crippen molar-refractivity contribution in [3.05, 3.63) is 17.6 Å². The summed E-state index contributed by atoms with van der Waals surface area (Å²) in [7, 11) is 3.88. The highest BCUT2D eigenvalue weighted by atomic mass is 16.5. The van der Waals surface area contributed by atoms with Crippen LogP contribution in [0.2, 0.25) is 0 Å². The van der Waals surface area contributed by atoms with Crippen molar-refractivity contribution in [1.29, 1.82) is 0 Å². The van der Waals surface area contributed by atoms with Gasteiger partial charge >= 0.3 is 0 Å². The summed E-state index contributed by atoms with van der Waals surface area (Å²) in [5.41, 5.74) is 0.843. The third-order valence-corrected chi connectivity index (χ3v) is 4.48. The van der Waals surface area contributed by atoms with Crippen molar-refractivity contribution in [3.8, 4) is 0 Å². The van der Waals surface area contributed by atoms with Gasteiger partial charge in [-0.2, -0.15) is 0 Å². The minimum Gasteiger partial charge on any atom is -0.378 e. The molecule has 1 aromatic heterocycles. The molecule has 1 aromatic rings. The molecule has 1 atom stereocenters. The van der Waals surface area contributed by atoms with Gasteiger partial charge in [0.1, 0.15) is 11.6 Å². The van der Waals surface area contributed by atoms with Gasteiger partial charge in [0.25, 0.3) is 0 Å². The van der Waals surface area contributed by atoms with E-state index in [1.165, 1.54) is 0 Å². The minimum absolute atomic E-state index is 0.0801. The molecule has 136 valence electrons. The van der Waals surface area contributed by atoms with Gasteiger partial charge in [-0.3, -0.25) is 4.90 Å². The van der Waals surface area contributed by atoms with E-state index in [-0.39, 0.29) is 5.41 Å². The van der Waals surface area contributed by atoms with Crippen LogP contribution in [0.15, 0.2) is 6.07 Å². The van der Waals surface area contributed by atoms with Crippen LogP contribution in [-0.2, 0) is 16.8 Å². The number of aromatic nitrogens is 2. The fourth-order valence-electron chi connectivity index (χ4n) is 2.79. The average molecular weight is 335 g/mol. The number of rotatable bonds is 6. The third kappa shape index (κ3) is 5.40. The Bertz CT molecular complexity index is 521. The molecule has 1 aliphatic heterocycles. The lowest BCUT2D eigenvalue weighted by Gasteiger charge is -2.36. The topological polar surface area (TPSA) is 53.5 Å². The molecule has 0 amide bonds. The SMILES string of the molecule is COCc1cc(NCC(C)N2CCN(C)CC2)nc(C(C)(C)C)n1. The molecule has 0 radical (unpaired) electrons. The number of nitrogens with zero attached hydrogens (tertiary/aromatic N) is 4. The second-order valence-electron chi connectivity index (χ2n) is 7.82. The summed E-state index contributed by atoms with van der Waals surface area (Å²) in [6, 6.07) is 2.48. The predicted molar refractivity (Wildman–Crippen MR) is 98.5 cm³/mol.